The van der Waals surface area contributed by atoms with Crippen LogP contribution in [0.15, 0.2) is 41.2 Å². The van der Waals surface area contributed by atoms with Crippen LogP contribution in [0.2, 0.25) is 0 Å². The maximum Gasteiger partial charge on any atom is 0.246 e. The lowest BCUT2D eigenvalue weighted by Crippen LogP contribution is -2.54. The van der Waals surface area contributed by atoms with Crippen molar-refractivity contribution in [2.45, 2.75) is 6.54 Å². The molecular formula is C18H17N9O2. The molecule has 0 spiro atoms. The first-order valence-corrected chi connectivity index (χ1v) is 9.10. The lowest BCUT2D eigenvalue weighted by Gasteiger charge is -2.38. The molecule has 0 saturated carbocycles. The Balaban J connectivity index is 1.18. The Morgan fingerprint density at radius 3 is 2.90 bits per heavy atom. The summed E-state index contributed by atoms with van der Waals surface area (Å²) in [5, 5.41) is 14.9. The average molecular weight is 391 g/mol. The van der Waals surface area contributed by atoms with Crippen molar-refractivity contribution in [1.82, 2.24) is 40.4 Å². The van der Waals surface area contributed by atoms with Crippen molar-refractivity contribution in [3.63, 3.8) is 0 Å². The van der Waals surface area contributed by atoms with Gasteiger partial charge in [-0.25, -0.2) is 14.6 Å². The van der Waals surface area contributed by atoms with Gasteiger partial charge in [-0.3, -0.25) is 4.79 Å². The maximum atomic E-state index is 12.4. The molecule has 3 aromatic heterocycles. The summed E-state index contributed by atoms with van der Waals surface area (Å²) in [4.78, 5) is 27.2. The van der Waals surface area contributed by atoms with Crippen LogP contribution < -0.4 is 10.2 Å². The zero-order valence-electron chi connectivity index (χ0n) is 15.6. The largest absolute Gasteiger partial charge is 0.353 e. The monoisotopic (exact) mass is 391 g/mol. The topological polar surface area (TPSA) is 128 Å². The summed E-state index contributed by atoms with van der Waals surface area (Å²) in [6, 6.07) is 9.53. The second kappa shape index (κ2) is 6.93. The lowest BCUT2D eigenvalue weighted by molar-refractivity contribution is -0.126. The summed E-state index contributed by atoms with van der Waals surface area (Å²) in [5.41, 5.74) is 2.16. The second-order valence-electron chi connectivity index (χ2n) is 6.78. The Bertz CT molecular complexity index is 1160. The van der Waals surface area contributed by atoms with Crippen LogP contribution in [0.25, 0.3) is 22.6 Å². The predicted molar refractivity (Wildman–Crippen MR) is 101 cm³/mol. The van der Waals surface area contributed by atoms with Gasteiger partial charge in [0.25, 0.3) is 0 Å². The lowest BCUT2D eigenvalue weighted by atomic mass is 9.99. The summed E-state index contributed by atoms with van der Waals surface area (Å²) in [6.07, 6.45) is 1.48. The van der Waals surface area contributed by atoms with Gasteiger partial charge in [0, 0.05) is 25.7 Å². The molecular weight excluding hydrogens is 374 g/mol. The highest BCUT2D eigenvalue weighted by Crippen LogP contribution is 2.27. The first-order valence-electron chi connectivity index (χ1n) is 9.10. The standard InChI is InChI=1S/C18H17N9O2/c1-26-16-14(23-25-26)17(21-10-20-16)27-8-12(9-27)18(28)19-7-13-22-15(24-29-13)11-5-3-2-4-6-11/h2-6,10,12H,7-9H2,1H3,(H,19,28). The third kappa shape index (κ3) is 3.16. The first kappa shape index (κ1) is 17.2. The van der Waals surface area contributed by atoms with Crippen LogP contribution >= 0.6 is 0 Å². The van der Waals surface area contributed by atoms with Crippen LogP contribution in [-0.4, -0.2) is 54.1 Å². The predicted octanol–water partition coefficient (Wildman–Crippen LogP) is 0.561. The number of nitrogens with zero attached hydrogens (tertiary/aromatic N) is 8. The number of fused-ring (bicyclic) bond motifs is 1. The van der Waals surface area contributed by atoms with Gasteiger partial charge >= 0.3 is 0 Å². The minimum Gasteiger partial charge on any atom is -0.353 e. The van der Waals surface area contributed by atoms with Crippen LogP contribution in [0.3, 0.4) is 0 Å². The number of amides is 1. The molecule has 0 bridgehead atoms. The van der Waals surface area contributed by atoms with Gasteiger partial charge in [0.05, 0.1) is 12.5 Å². The van der Waals surface area contributed by atoms with Gasteiger partial charge < -0.3 is 14.7 Å². The van der Waals surface area contributed by atoms with Crippen LogP contribution in [0.5, 0.6) is 0 Å². The summed E-state index contributed by atoms with van der Waals surface area (Å²) in [7, 11) is 1.78. The molecule has 1 amide bonds. The van der Waals surface area contributed by atoms with E-state index in [0.29, 0.717) is 41.8 Å². The molecule has 146 valence electrons. The van der Waals surface area contributed by atoms with Crippen molar-refractivity contribution in [3.8, 4) is 11.4 Å². The van der Waals surface area contributed by atoms with E-state index in [1.54, 1.807) is 11.7 Å². The fourth-order valence-corrected chi connectivity index (χ4v) is 3.23. The van der Waals surface area contributed by atoms with Gasteiger partial charge in [-0.15, -0.1) is 5.10 Å². The number of carbonyl (C=O) groups is 1. The van der Waals surface area contributed by atoms with Crippen molar-refractivity contribution >= 4 is 22.9 Å². The van der Waals surface area contributed by atoms with E-state index in [4.69, 9.17) is 4.52 Å². The Morgan fingerprint density at radius 1 is 1.24 bits per heavy atom. The molecule has 29 heavy (non-hydrogen) atoms. The fraction of sp³-hybridized carbons (Fsp3) is 0.278. The minimum atomic E-state index is -0.145. The van der Waals surface area contributed by atoms with Crippen LogP contribution in [0, 0.1) is 5.92 Å². The molecule has 11 heteroatoms. The first-order chi connectivity index (χ1) is 14.2. The van der Waals surface area contributed by atoms with Crippen molar-refractivity contribution in [3.05, 3.63) is 42.5 Å². The van der Waals surface area contributed by atoms with E-state index < -0.39 is 0 Å². The molecule has 1 fully saturated rings. The van der Waals surface area contributed by atoms with Gasteiger partial charge in [-0.05, 0) is 0 Å². The molecule has 11 nitrogen and oxygen atoms in total. The van der Waals surface area contributed by atoms with Crippen molar-refractivity contribution < 1.29 is 9.32 Å². The smallest absolute Gasteiger partial charge is 0.246 e. The molecule has 0 atom stereocenters. The molecule has 1 saturated heterocycles. The van der Waals surface area contributed by atoms with E-state index in [2.05, 4.69) is 35.7 Å². The molecule has 0 unspecified atom stereocenters. The Hall–Kier alpha value is -3.89. The number of hydrogen-bond donors (Lipinski definition) is 1. The Morgan fingerprint density at radius 2 is 2.07 bits per heavy atom. The Kier molecular flexibility index (Phi) is 4.12. The molecule has 0 aliphatic carbocycles. The van der Waals surface area contributed by atoms with E-state index in [0.717, 1.165) is 5.56 Å². The van der Waals surface area contributed by atoms with Crippen molar-refractivity contribution in [1.29, 1.82) is 0 Å². The van der Waals surface area contributed by atoms with Gasteiger partial charge in [-0.1, -0.05) is 40.7 Å². The van der Waals surface area contributed by atoms with E-state index in [1.165, 1.54) is 6.33 Å². The summed E-state index contributed by atoms with van der Waals surface area (Å²) < 4.78 is 6.82. The van der Waals surface area contributed by atoms with E-state index >= 15 is 0 Å². The maximum absolute atomic E-state index is 12.4. The van der Waals surface area contributed by atoms with Crippen molar-refractivity contribution in [2.75, 3.05) is 18.0 Å². The molecule has 1 aliphatic heterocycles. The van der Waals surface area contributed by atoms with Gasteiger partial charge in [0.2, 0.25) is 17.6 Å². The second-order valence-corrected chi connectivity index (χ2v) is 6.78. The minimum absolute atomic E-state index is 0.0647. The summed E-state index contributed by atoms with van der Waals surface area (Å²) in [5.74, 6) is 1.35. The summed E-state index contributed by atoms with van der Waals surface area (Å²) >= 11 is 0. The van der Waals surface area contributed by atoms with Crippen LogP contribution in [0.4, 0.5) is 5.82 Å². The van der Waals surface area contributed by atoms with Crippen LogP contribution in [-0.2, 0) is 18.4 Å². The third-order valence-corrected chi connectivity index (χ3v) is 4.83. The summed E-state index contributed by atoms with van der Waals surface area (Å²) in [6.45, 7) is 1.29. The fourth-order valence-electron chi connectivity index (χ4n) is 3.23. The molecule has 1 aliphatic rings. The quantitative estimate of drug-likeness (QED) is 0.519. The molecule has 1 N–H and O–H groups in total. The number of hydrogen-bond acceptors (Lipinski definition) is 9. The molecule has 0 radical (unpaired) electrons. The molecule has 5 rings (SSSR count). The normalized spacial score (nSPS) is 14.2. The third-order valence-electron chi connectivity index (χ3n) is 4.83. The number of carbonyl (C=O) groups excluding carboxylic acids is 1. The molecule has 4 heterocycles. The average Bonchev–Trinajstić information content (AvgIpc) is 3.34. The SMILES string of the molecule is Cn1nnc2c(N3CC(C(=O)NCc4nc(-c5ccccc5)no4)C3)ncnc21. The Labute approximate surface area is 164 Å². The number of aromatic nitrogens is 7. The molecule has 1 aromatic carbocycles. The van der Waals surface area contributed by atoms with Gasteiger partial charge in [0.1, 0.15) is 6.33 Å². The number of rotatable bonds is 5. The number of aryl methyl sites for hydroxylation is 1. The zero-order valence-corrected chi connectivity index (χ0v) is 15.6. The van der Waals surface area contributed by atoms with E-state index in [1.807, 2.05) is 35.2 Å². The van der Waals surface area contributed by atoms with Crippen molar-refractivity contribution in [2.24, 2.45) is 13.0 Å². The van der Waals surface area contributed by atoms with Crippen LogP contribution in [0.1, 0.15) is 5.89 Å². The highest BCUT2D eigenvalue weighted by molar-refractivity contribution is 5.86. The van der Waals surface area contributed by atoms with Gasteiger partial charge in [-0.2, -0.15) is 4.98 Å². The highest BCUT2D eigenvalue weighted by Gasteiger charge is 2.35. The van der Waals surface area contributed by atoms with Gasteiger partial charge in [0.15, 0.2) is 17.0 Å². The highest BCUT2D eigenvalue weighted by atomic mass is 16.5. The number of benzene rings is 1. The van der Waals surface area contributed by atoms with E-state index in [-0.39, 0.29) is 18.4 Å². The van der Waals surface area contributed by atoms with E-state index in [9.17, 15) is 4.79 Å². The number of nitrogens with one attached hydrogen (secondary N) is 1. The number of anilines is 1. The zero-order chi connectivity index (χ0) is 19.8. The molecule has 4 aromatic rings.